The second-order valence-corrected chi connectivity index (χ2v) is 6.55. The van der Waals surface area contributed by atoms with Crippen molar-refractivity contribution in [1.82, 2.24) is 5.32 Å². The lowest BCUT2D eigenvalue weighted by Crippen LogP contribution is -2.34. The van der Waals surface area contributed by atoms with Crippen molar-refractivity contribution in [3.63, 3.8) is 0 Å². The smallest absolute Gasteiger partial charge is 0.262 e. The van der Waals surface area contributed by atoms with E-state index >= 15 is 0 Å². The predicted molar refractivity (Wildman–Crippen MR) is 117 cm³/mol. The largest absolute Gasteiger partial charge is 0.484 e. The van der Waals surface area contributed by atoms with Crippen LogP contribution in [0.2, 0.25) is 0 Å². The summed E-state index contributed by atoms with van der Waals surface area (Å²) in [6, 6.07) is 21.0. The van der Waals surface area contributed by atoms with Gasteiger partial charge in [-0.1, -0.05) is 24.3 Å². The van der Waals surface area contributed by atoms with E-state index in [0.717, 1.165) is 0 Å². The molecule has 152 valence electrons. The Labute approximate surface area is 178 Å². The van der Waals surface area contributed by atoms with Gasteiger partial charge in [-0.25, -0.2) is 4.39 Å². The van der Waals surface area contributed by atoms with Crippen molar-refractivity contribution in [3.8, 4) is 5.75 Å². The number of nitrogens with one attached hydrogen (secondary N) is 3. The zero-order valence-electron chi connectivity index (χ0n) is 15.7. The normalized spacial score (nSPS) is 10.0. The zero-order valence-corrected chi connectivity index (χ0v) is 16.5. The number of anilines is 2. The molecule has 3 rings (SSSR count). The molecule has 0 saturated carbocycles. The summed E-state index contributed by atoms with van der Waals surface area (Å²) in [4.78, 5) is 24.2. The van der Waals surface area contributed by atoms with Gasteiger partial charge in [0.2, 0.25) is 0 Å². The molecule has 0 spiro atoms. The van der Waals surface area contributed by atoms with Crippen LogP contribution in [-0.2, 0) is 4.79 Å². The molecule has 0 fully saturated rings. The summed E-state index contributed by atoms with van der Waals surface area (Å²) in [7, 11) is 0. The summed E-state index contributed by atoms with van der Waals surface area (Å²) in [5.74, 6) is -0.608. The lowest BCUT2D eigenvalue weighted by atomic mass is 10.2. The highest BCUT2D eigenvalue weighted by Gasteiger charge is 2.09. The van der Waals surface area contributed by atoms with E-state index in [1.54, 1.807) is 36.4 Å². The van der Waals surface area contributed by atoms with Crippen LogP contribution in [0.5, 0.6) is 5.75 Å². The maximum atomic E-state index is 13.0. The number of thiocarbonyl (C=S) groups is 1. The van der Waals surface area contributed by atoms with Gasteiger partial charge in [-0.2, -0.15) is 0 Å². The van der Waals surface area contributed by atoms with Crippen molar-refractivity contribution in [3.05, 3.63) is 90.2 Å². The summed E-state index contributed by atoms with van der Waals surface area (Å²) in [6.07, 6.45) is 0. The van der Waals surface area contributed by atoms with E-state index in [1.807, 2.05) is 18.2 Å². The minimum absolute atomic E-state index is 0.0696. The topological polar surface area (TPSA) is 79.5 Å². The highest BCUT2D eigenvalue weighted by atomic mass is 32.1. The van der Waals surface area contributed by atoms with Gasteiger partial charge >= 0.3 is 0 Å². The van der Waals surface area contributed by atoms with Crippen molar-refractivity contribution in [1.29, 1.82) is 0 Å². The number of carbonyl (C=O) groups excluding carboxylic acids is 2. The van der Waals surface area contributed by atoms with Gasteiger partial charge in [0.15, 0.2) is 11.7 Å². The summed E-state index contributed by atoms with van der Waals surface area (Å²) >= 11 is 5.14. The van der Waals surface area contributed by atoms with E-state index < -0.39 is 11.7 Å². The number of ether oxygens (including phenoxy) is 1. The van der Waals surface area contributed by atoms with Gasteiger partial charge in [0.25, 0.3) is 11.8 Å². The number of hydrogen-bond donors (Lipinski definition) is 3. The predicted octanol–water partition coefficient (Wildman–Crippen LogP) is 3.97. The first-order chi connectivity index (χ1) is 14.5. The Bertz CT molecular complexity index is 1040. The Hall–Kier alpha value is -3.78. The fraction of sp³-hybridized carbons (Fsp3) is 0.0455. The molecule has 0 radical (unpaired) electrons. The van der Waals surface area contributed by atoms with E-state index in [1.165, 1.54) is 24.3 Å². The maximum absolute atomic E-state index is 13.0. The summed E-state index contributed by atoms with van der Waals surface area (Å²) in [5, 5.41) is 8.18. The second kappa shape index (κ2) is 10.1. The molecule has 0 saturated heterocycles. The number of carbonyl (C=O) groups is 2. The number of rotatable bonds is 6. The van der Waals surface area contributed by atoms with Gasteiger partial charge < -0.3 is 15.4 Å². The van der Waals surface area contributed by atoms with Crippen LogP contribution in [0.15, 0.2) is 78.9 Å². The molecule has 0 bridgehead atoms. The molecule has 0 aliphatic rings. The molecule has 3 N–H and O–H groups in total. The average Bonchev–Trinajstić information content (AvgIpc) is 2.73. The number of halogens is 1. The quantitative estimate of drug-likeness (QED) is 0.523. The van der Waals surface area contributed by atoms with Crippen molar-refractivity contribution >= 4 is 40.5 Å². The lowest BCUT2D eigenvalue weighted by molar-refractivity contribution is -0.118. The average molecular weight is 423 g/mol. The third kappa shape index (κ3) is 6.39. The number of benzene rings is 3. The first-order valence-corrected chi connectivity index (χ1v) is 9.36. The number of hydrogen-bond acceptors (Lipinski definition) is 4. The monoisotopic (exact) mass is 423 g/mol. The summed E-state index contributed by atoms with van der Waals surface area (Å²) in [6.45, 7) is -0.131. The molecule has 3 aromatic carbocycles. The van der Waals surface area contributed by atoms with Gasteiger partial charge in [0, 0.05) is 16.9 Å². The second-order valence-electron chi connectivity index (χ2n) is 6.15. The molecule has 0 unspecified atom stereocenters. The van der Waals surface area contributed by atoms with Gasteiger partial charge in [-0.05, 0) is 66.8 Å². The minimum atomic E-state index is -0.463. The van der Waals surface area contributed by atoms with E-state index in [0.29, 0.717) is 17.1 Å². The minimum Gasteiger partial charge on any atom is -0.484 e. The third-order valence-corrected chi connectivity index (χ3v) is 4.05. The highest BCUT2D eigenvalue weighted by molar-refractivity contribution is 7.80. The highest BCUT2D eigenvalue weighted by Crippen LogP contribution is 2.15. The van der Waals surface area contributed by atoms with E-state index in [-0.39, 0.29) is 23.2 Å². The molecule has 0 aliphatic carbocycles. The van der Waals surface area contributed by atoms with Gasteiger partial charge in [-0.15, -0.1) is 0 Å². The zero-order chi connectivity index (χ0) is 21.3. The number of amides is 2. The molecule has 0 aliphatic heterocycles. The first-order valence-electron chi connectivity index (χ1n) is 8.95. The van der Waals surface area contributed by atoms with Crippen molar-refractivity contribution in [2.75, 3.05) is 17.2 Å². The van der Waals surface area contributed by atoms with Crippen LogP contribution in [0.25, 0.3) is 0 Å². The molecule has 0 atom stereocenters. The van der Waals surface area contributed by atoms with Crippen LogP contribution in [0, 0.1) is 5.82 Å². The fourth-order valence-corrected chi connectivity index (χ4v) is 2.69. The molecule has 0 aromatic heterocycles. The lowest BCUT2D eigenvalue weighted by Gasteiger charge is -2.12. The molecule has 6 nitrogen and oxygen atoms in total. The number of para-hydroxylation sites is 1. The SMILES string of the molecule is O=C(COc1ccccc1)Nc1cccc(NC(=S)NC(=O)c2ccc(F)cc2)c1. The fourth-order valence-electron chi connectivity index (χ4n) is 2.48. The van der Waals surface area contributed by atoms with Crippen LogP contribution in [0.4, 0.5) is 15.8 Å². The van der Waals surface area contributed by atoms with Gasteiger partial charge in [-0.3, -0.25) is 14.9 Å². The molecular weight excluding hydrogens is 405 g/mol. The van der Waals surface area contributed by atoms with Crippen molar-refractivity contribution in [2.24, 2.45) is 0 Å². The third-order valence-electron chi connectivity index (χ3n) is 3.85. The molecule has 3 aromatic rings. The van der Waals surface area contributed by atoms with Crippen LogP contribution in [0.3, 0.4) is 0 Å². The van der Waals surface area contributed by atoms with Gasteiger partial charge in [0.05, 0.1) is 0 Å². The van der Waals surface area contributed by atoms with Crippen LogP contribution >= 0.6 is 12.2 Å². The Kier molecular flexibility index (Phi) is 7.07. The summed E-state index contributed by atoms with van der Waals surface area (Å²) in [5.41, 5.74) is 1.38. The maximum Gasteiger partial charge on any atom is 0.262 e. The molecule has 2 amide bonds. The van der Waals surface area contributed by atoms with Crippen molar-refractivity contribution < 1.29 is 18.7 Å². The van der Waals surface area contributed by atoms with E-state index in [2.05, 4.69) is 16.0 Å². The Morgan fingerprint density at radius 1 is 0.867 bits per heavy atom. The summed E-state index contributed by atoms with van der Waals surface area (Å²) < 4.78 is 18.4. The van der Waals surface area contributed by atoms with Crippen LogP contribution < -0.4 is 20.7 Å². The van der Waals surface area contributed by atoms with Crippen LogP contribution in [-0.4, -0.2) is 23.5 Å². The molecule has 8 heteroatoms. The Morgan fingerprint density at radius 2 is 1.53 bits per heavy atom. The Morgan fingerprint density at radius 3 is 2.23 bits per heavy atom. The standard InChI is InChI=1S/C22H18FN3O3S/c23-16-11-9-15(10-12-16)21(28)26-22(30)25-18-6-4-5-17(13-18)24-20(27)14-29-19-7-2-1-3-8-19/h1-13H,14H2,(H,24,27)(H2,25,26,28,30). The Balaban J connectivity index is 1.51. The molecule has 0 heterocycles. The van der Waals surface area contributed by atoms with E-state index in [9.17, 15) is 14.0 Å². The first kappa shape index (κ1) is 20.9. The van der Waals surface area contributed by atoms with Crippen molar-refractivity contribution in [2.45, 2.75) is 0 Å². The van der Waals surface area contributed by atoms with Crippen LogP contribution in [0.1, 0.15) is 10.4 Å². The van der Waals surface area contributed by atoms with Gasteiger partial charge in [0.1, 0.15) is 11.6 Å². The molecular formula is C22H18FN3O3S. The molecule has 30 heavy (non-hydrogen) atoms. The van der Waals surface area contributed by atoms with E-state index in [4.69, 9.17) is 17.0 Å².